The Hall–Kier alpha value is -0.930. The molecule has 1 aliphatic carbocycles. The first-order valence-electron chi connectivity index (χ1n) is 7.20. The van der Waals surface area contributed by atoms with Crippen molar-refractivity contribution in [3.8, 4) is 11.5 Å². The zero-order chi connectivity index (χ0) is 14.7. The van der Waals surface area contributed by atoms with Crippen LogP contribution in [0.1, 0.15) is 32.3 Å². The van der Waals surface area contributed by atoms with Gasteiger partial charge < -0.3 is 14.8 Å². The van der Waals surface area contributed by atoms with Crippen LogP contribution in [0.2, 0.25) is 5.02 Å². The van der Waals surface area contributed by atoms with Crippen LogP contribution < -0.4 is 14.8 Å². The number of hydrogen-bond donors (Lipinski definition) is 1. The standard InChI is InChI=1S/C16H24ClNO2/c1-10-5-6-14(11(10)2)18-9-12-7-13(17)16(20-4)15(8-12)19-3/h7-8,10-11,14,18H,5-6,9H2,1-4H3. The number of ether oxygens (including phenoxy) is 2. The summed E-state index contributed by atoms with van der Waals surface area (Å²) in [6.07, 6.45) is 2.56. The van der Waals surface area contributed by atoms with Crippen molar-refractivity contribution in [3.05, 3.63) is 22.7 Å². The van der Waals surface area contributed by atoms with Crippen molar-refractivity contribution in [2.45, 2.75) is 39.3 Å². The van der Waals surface area contributed by atoms with Gasteiger partial charge in [0.1, 0.15) is 0 Å². The zero-order valence-corrected chi connectivity index (χ0v) is 13.5. The number of benzene rings is 1. The lowest BCUT2D eigenvalue weighted by Crippen LogP contribution is -2.31. The van der Waals surface area contributed by atoms with Crippen LogP contribution in [-0.4, -0.2) is 20.3 Å². The lowest BCUT2D eigenvalue weighted by molar-refractivity contribution is 0.353. The minimum absolute atomic E-state index is 0.594. The van der Waals surface area contributed by atoms with Crippen molar-refractivity contribution in [1.82, 2.24) is 5.32 Å². The molecule has 0 saturated heterocycles. The van der Waals surface area contributed by atoms with E-state index in [1.807, 2.05) is 12.1 Å². The summed E-state index contributed by atoms with van der Waals surface area (Å²) in [4.78, 5) is 0. The molecular formula is C16H24ClNO2. The largest absolute Gasteiger partial charge is 0.493 e. The maximum Gasteiger partial charge on any atom is 0.179 e. The Kier molecular flexibility index (Phi) is 5.17. The Labute approximate surface area is 126 Å². The lowest BCUT2D eigenvalue weighted by atomic mass is 9.97. The molecule has 1 aromatic carbocycles. The molecular weight excluding hydrogens is 274 g/mol. The Morgan fingerprint density at radius 3 is 2.50 bits per heavy atom. The van der Waals surface area contributed by atoms with Crippen LogP contribution >= 0.6 is 11.6 Å². The molecule has 3 atom stereocenters. The summed E-state index contributed by atoms with van der Waals surface area (Å²) in [5.74, 6) is 2.82. The summed E-state index contributed by atoms with van der Waals surface area (Å²) in [5.41, 5.74) is 1.12. The van der Waals surface area contributed by atoms with Crippen LogP contribution in [0, 0.1) is 11.8 Å². The minimum atomic E-state index is 0.594. The zero-order valence-electron chi connectivity index (χ0n) is 12.7. The highest BCUT2D eigenvalue weighted by Gasteiger charge is 2.29. The molecule has 0 heterocycles. The summed E-state index contributed by atoms with van der Waals surface area (Å²) in [6, 6.07) is 4.52. The fraction of sp³-hybridized carbons (Fsp3) is 0.625. The minimum Gasteiger partial charge on any atom is -0.493 e. The van der Waals surface area contributed by atoms with Crippen molar-refractivity contribution < 1.29 is 9.47 Å². The van der Waals surface area contributed by atoms with Gasteiger partial charge >= 0.3 is 0 Å². The third kappa shape index (κ3) is 3.21. The molecule has 0 aliphatic heterocycles. The highest BCUT2D eigenvalue weighted by Crippen LogP contribution is 2.36. The first kappa shape index (κ1) is 15.5. The molecule has 1 aromatic rings. The summed E-state index contributed by atoms with van der Waals surface area (Å²) in [6.45, 7) is 5.47. The van der Waals surface area contributed by atoms with Gasteiger partial charge in [0.15, 0.2) is 11.5 Å². The summed E-state index contributed by atoms with van der Waals surface area (Å²) < 4.78 is 10.6. The topological polar surface area (TPSA) is 30.5 Å². The highest BCUT2D eigenvalue weighted by molar-refractivity contribution is 6.32. The molecule has 20 heavy (non-hydrogen) atoms. The molecule has 0 aromatic heterocycles. The van der Waals surface area contributed by atoms with E-state index in [4.69, 9.17) is 21.1 Å². The van der Waals surface area contributed by atoms with Crippen LogP contribution in [0.25, 0.3) is 0 Å². The average molecular weight is 298 g/mol. The quantitative estimate of drug-likeness (QED) is 0.894. The van der Waals surface area contributed by atoms with Gasteiger partial charge in [-0.3, -0.25) is 0 Å². The molecule has 1 fully saturated rings. The molecule has 4 heteroatoms. The molecule has 1 saturated carbocycles. The molecule has 1 aliphatic rings. The second-order valence-corrected chi connectivity index (χ2v) is 6.12. The molecule has 3 unspecified atom stereocenters. The lowest BCUT2D eigenvalue weighted by Gasteiger charge is -2.20. The summed E-state index contributed by atoms with van der Waals surface area (Å²) in [5, 5.41) is 4.23. The van der Waals surface area contributed by atoms with Gasteiger partial charge in [-0.25, -0.2) is 0 Å². The van der Waals surface area contributed by atoms with E-state index >= 15 is 0 Å². The molecule has 0 spiro atoms. The van der Waals surface area contributed by atoms with Gasteiger partial charge in [-0.15, -0.1) is 0 Å². The van der Waals surface area contributed by atoms with E-state index in [1.54, 1.807) is 14.2 Å². The van der Waals surface area contributed by atoms with Crippen molar-refractivity contribution in [2.24, 2.45) is 11.8 Å². The van der Waals surface area contributed by atoms with Crippen LogP contribution in [0.5, 0.6) is 11.5 Å². The Morgan fingerprint density at radius 1 is 1.20 bits per heavy atom. The van der Waals surface area contributed by atoms with E-state index < -0.39 is 0 Å². The second kappa shape index (κ2) is 6.68. The average Bonchev–Trinajstić information content (AvgIpc) is 2.76. The van der Waals surface area contributed by atoms with E-state index in [0.29, 0.717) is 22.6 Å². The van der Waals surface area contributed by atoms with E-state index in [1.165, 1.54) is 12.8 Å². The predicted octanol–water partition coefficient (Wildman–Crippen LogP) is 3.88. The third-order valence-corrected chi connectivity index (χ3v) is 4.81. The predicted molar refractivity (Wildman–Crippen MR) is 82.7 cm³/mol. The van der Waals surface area contributed by atoms with Gasteiger partial charge in [0.2, 0.25) is 0 Å². The fourth-order valence-corrected chi connectivity index (χ4v) is 3.29. The van der Waals surface area contributed by atoms with Crippen LogP contribution in [0.15, 0.2) is 12.1 Å². The van der Waals surface area contributed by atoms with Crippen molar-refractivity contribution in [2.75, 3.05) is 14.2 Å². The molecule has 3 nitrogen and oxygen atoms in total. The van der Waals surface area contributed by atoms with E-state index in [0.717, 1.165) is 23.9 Å². The molecule has 112 valence electrons. The number of halogens is 1. The van der Waals surface area contributed by atoms with Crippen LogP contribution in [0.3, 0.4) is 0 Å². The number of methoxy groups -OCH3 is 2. The van der Waals surface area contributed by atoms with Crippen molar-refractivity contribution >= 4 is 11.6 Å². The van der Waals surface area contributed by atoms with Gasteiger partial charge in [0, 0.05) is 12.6 Å². The van der Waals surface area contributed by atoms with Gasteiger partial charge in [-0.1, -0.05) is 25.4 Å². The summed E-state index contributed by atoms with van der Waals surface area (Å²) >= 11 is 6.23. The molecule has 1 N–H and O–H groups in total. The second-order valence-electron chi connectivity index (χ2n) is 5.71. The van der Waals surface area contributed by atoms with Gasteiger partial charge in [-0.05, 0) is 42.4 Å². The number of nitrogens with one attached hydrogen (secondary N) is 1. The van der Waals surface area contributed by atoms with Gasteiger partial charge in [0.05, 0.1) is 19.2 Å². The normalized spacial score (nSPS) is 25.8. The first-order valence-corrected chi connectivity index (χ1v) is 7.58. The first-order chi connectivity index (χ1) is 9.56. The monoisotopic (exact) mass is 297 g/mol. The van der Waals surface area contributed by atoms with Crippen molar-refractivity contribution in [3.63, 3.8) is 0 Å². The Balaban J connectivity index is 2.05. The third-order valence-electron chi connectivity index (χ3n) is 4.53. The SMILES string of the molecule is COc1cc(CNC2CCC(C)C2C)cc(Cl)c1OC. The van der Waals surface area contributed by atoms with Crippen molar-refractivity contribution in [1.29, 1.82) is 0 Å². The smallest absolute Gasteiger partial charge is 0.179 e. The number of rotatable bonds is 5. The van der Waals surface area contributed by atoms with E-state index in [9.17, 15) is 0 Å². The van der Waals surface area contributed by atoms with Gasteiger partial charge in [0.25, 0.3) is 0 Å². The highest BCUT2D eigenvalue weighted by atomic mass is 35.5. The van der Waals surface area contributed by atoms with Crippen LogP contribution in [-0.2, 0) is 6.54 Å². The van der Waals surface area contributed by atoms with E-state index in [-0.39, 0.29) is 0 Å². The maximum atomic E-state index is 6.23. The molecule has 0 radical (unpaired) electrons. The summed E-state index contributed by atoms with van der Waals surface area (Å²) in [7, 11) is 3.23. The van der Waals surface area contributed by atoms with Gasteiger partial charge in [-0.2, -0.15) is 0 Å². The van der Waals surface area contributed by atoms with Crippen LogP contribution in [0.4, 0.5) is 0 Å². The number of hydrogen-bond acceptors (Lipinski definition) is 3. The maximum absolute atomic E-state index is 6.23. The Bertz CT molecular complexity index is 464. The fourth-order valence-electron chi connectivity index (χ4n) is 2.98. The molecule has 0 bridgehead atoms. The molecule has 2 rings (SSSR count). The molecule has 0 amide bonds. The van der Waals surface area contributed by atoms with E-state index in [2.05, 4.69) is 19.2 Å². The Morgan fingerprint density at radius 2 is 1.95 bits per heavy atom.